The van der Waals surface area contributed by atoms with Crippen LogP contribution < -0.4 is 5.32 Å². The van der Waals surface area contributed by atoms with Crippen LogP contribution in [0.25, 0.3) is 0 Å². The Kier molecular flexibility index (Phi) is 9.80. The van der Waals surface area contributed by atoms with Gasteiger partial charge in [0.05, 0.1) is 19.6 Å². The summed E-state index contributed by atoms with van der Waals surface area (Å²) in [5.41, 5.74) is 0. The first-order valence-electron chi connectivity index (χ1n) is 6.13. The molecule has 0 rings (SSSR count). The molecule has 0 saturated carbocycles. The van der Waals surface area contributed by atoms with Crippen LogP contribution >= 0.6 is 0 Å². The molecule has 0 heterocycles. The first-order chi connectivity index (χ1) is 7.76. The highest BCUT2D eigenvalue weighted by molar-refractivity contribution is 4.44. The van der Waals surface area contributed by atoms with Gasteiger partial charge in [-0.3, -0.25) is 0 Å². The van der Waals surface area contributed by atoms with E-state index in [1.807, 2.05) is 0 Å². The fraction of sp³-hybridized carbons (Fsp3) is 1.00. The Balaban J connectivity index is 3.74. The summed E-state index contributed by atoms with van der Waals surface area (Å²) in [6, 6.07) is 0. The summed E-state index contributed by atoms with van der Waals surface area (Å²) >= 11 is 0. The van der Waals surface area contributed by atoms with Gasteiger partial charge in [0.15, 0.2) is 0 Å². The minimum Gasteiger partial charge on any atom is -0.737 e. The molecule has 0 spiro atoms. The van der Waals surface area contributed by atoms with Crippen molar-refractivity contribution in [1.29, 1.82) is 0 Å². The van der Waals surface area contributed by atoms with Crippen molar-refractivity contribution in [2.75, 3.05) is 26.2 Å². The van der Waals surface area contributed by atoms with Gasteiger partial charge in [-0.05, 0) is 18.1 Å². The Labute approximate surface area is 97.5 Å². The molecule has 0 aromatic heterocycles. The van der Waals surface area contributed by atoms with Crippen molar-refractivity contribution in [2.24, 2.45) is 5.28 Å². The van der Waals surface area contributed by atoms with Crippen molar-refractivity contribution in [1.82, 2.24) is 5.01 Å². The lowest BCUT2D eigenvalue weighted by atomic mass is 10.3. The van der Waals surface area contributed by atoms with Gasteiger partial charge in [0, 0.05) is 4.97 Å². The quantitative estimate of drug-likeness (QED) is 0.262. The number of hydrogen-bond donors (Lipinski definition) is 1. The fourth-order valence-electron chi connectivity index (χ4n) is 1.41. The number of unbranched alkanes of at least 4 members (excludes halogenated alkanes) is 2. The maximum Gasteiger partial charge on any atom is 0.126 e. The highest BCUT2D eigenvalue weighted by atomic mass is 16.6. The topological polar surface area (TPSA) is 81.3 Å². The second kappa shape index (κ2) is 10.5. The highest BCUT2D eigenvalue weighted by Crippen LogP contribution is 1.95. The van der Waals surface area contributed by atoms with E-state index in [0.717, 1.165) is 25.9 Å². The fourth-order valence-corrected chi connectivity index (χ4v) is 1.41. The molecule has 96 valence electrons. The van der Waals surface area contributed by atoms with Crippen LogP contribution in [0.5, 0.6) is 0 Å². The third kappa shape index (κ3) is 7.28. The zero-order chi connectivity index (χ0) is 12.2. The van der Waals surface area contributed by atoms with Crippen LogP contribution in [-0.2, 0) is 0 Å². The predicted molar refractivity (Wildman–Crippen MR) is 62.5 cm³/mol. The Morgan fingerprint density at radius 1 is 1.12 bits per heavy atom. The van der Waals surface area contributed by atoms with Crippen LogP contribution in [0, 0.1) is 10.4 Å². The number of hydrazine groups is 1. The number of rotatable bonds is 10. The molecule has 0 atom stereocenters. The Morgan fingerprint density at radius 3 is 2.38 bits per heavy atom. The maximum absolute atomic E-state index is 11.1. The first kappa shape index (κ1) is 15.0. The van der Waals surface area contributed by atoms with Gasteiger partial charge < -0.3 is 15.7 Å². The molecule has 0 radical (unpaired) electrons. The Morgan fingerprint density at radius 2 is 1.81 bits per heavy atom. The van der Waals surface area contributed by atoms with E-state index in [9.17, 15) is 10.4 Å². The number of nitrogens with two attached hydrogens (primary N) is 1. The second-order valence-electron chi connectivity index (χ2n) is 3.86. The molecule has 16 heavy (non-hydrogen) atoms. The van der Waals surface area contributed by atoms with Crippen LogP contribution in [-0.4, -0.2) is 36.2 Å². The lowest BCUT2D eigenvalue weighted by Crippen LogP contribution is -2.85. The van der Waals surface area contributed by atoms with Crippen LogP contribution in [0.2, 0.25) is 0 Å². The molecule has 0 aliphatic carbocycles. The van der Waals surface area contributed by atoms with E-state index in [4.69, 9.17) is 0 Å². The van der Waals surface area contributed by atoms with Gasteiger partial charge >= 0.3 is 0 Å². The van der Waals surface area contributed by atoms with Crippen LogP contribution in [0.15, 0.2) is 5.28 Å². The predicted octanol–water partition coefficient (Wildman–Crippen LogP) is 0.827. The minimum atomic E-state index is 0.170. The van der Waals surface area contributed by atoms with Crippen molar-refractivity contribution < 1.29 is 10.3 Å². The second-order valence-corrected chi connectivity index (χ2v) is 3.86. The Bertz CT molecular complexity index is 188. The van der Waals surface area contributed by atoms with Crippen molar-refractivity contribution >= 4 is 0 Å². The monoisotopic (exact) mass is 232 g/mol. The van der Waals surface area contributed by atoms with Gasteiger partial charge in [0.2, 0.25) is 0 Å². The third-order valence-electron chi connectivity index (χ3n) is 2.43. The summed E-state index contributed by atoms with van der Waals surface area (Å²) in [6.07, 6.45) is 4.27. The lowest BCUT2D eigenvalue weighted by Gasteiger charge is -2.18. The molecule has 6 heteroatoms. The minimum absolute atomic E-state index is 0.170. The van der Waals surface area contributed by atoms with Crippen molar-refractivity contribution in [3.8, 4) is 0 Å². The molecule has 2 N–H and O–H groups in total. The highest BCUT2D eigenvalue weighted by Gasteiger charge is 2.10. The van der Waals surface area contributed by atoms with E-state index in [0.29, 0.717) is 13.1 Å². The molecule has 0 amide bonds. The molecule has 0 saturated heterocycles. The molecular weight excluding hydrogens is 208 g/mol. The van der Waals surface area contributed by atoms with Gasteiger partial charge in [-0.1, -0.05) is 26.7 Å². The molecular formula is C10H24N4O2. The zero-order valence-corrected chi connectivity index (χ0v) is 10.4. The summed E-state index contributed by atoms with van der Waals surface area (Å²) in [5, 5.41) is 27.3. The molecule has 0 unspecified atom stereocenters. The van der Waals surface area contributed by atoms with Gasteiger partial charge in [-0.25, -0.2) is 0 Å². The Hall–Kier alpha value is -1.04. The molecule has 0 aromatic carbocycles. The van der Waals surface area contributed by atoms with Crippen LogP contribution in [0.4, 0.5) is 0 Å². The van der Waals surface area contributed by atoms with E-state index in [1.54, 1.807) is 0 Å². The lowest BCUT2D eigenvalue weighted by molar-refractivity contribution is -0.711. The summed E-state index contributed by atoms with van der Waals surface area (Å²) in [4.78, 5) is 0.170. The third-order valence-corrected chi connectivity index (χ3v) is 2.43. The normalized spacial score (nSPS) is 11.8. The van der Waals surface area contributed by atoms with E-state index in [-0.39, 0.29) is 4.97 Å². The average Bonchev–Trinajstić information content (AvgIpc) is 2.31. The molecule has 0 bridgehead atoms. The van der Waals surface area contributed by atoms with E-state index in [1.165, 1.54) is 17.9 Å². The number of hydrogen-bond acceptors (Lipinski definition) is 3. The smallest absolute Gasteiger partial charge is 0.126 e. The van der Waals surface area contributed by atoms with E-state index < -0.39 is 0 Å². The van der Waals surface area contributed by atoms with Gasteiger partial charge in [0.25, 0.3) is 0 Å². The summed E-state index contributed by atoms with van der Waals surface area (Å²) < 4.78 is 0. The largest absolute Gasteiger partial charge is 0.737 e. The number of quaternary nitrogens is 1. The summed E-state index contributed by atoms with van der Waals surface area (Å²) in [6.45, 7) is 7.29. The van der Waals surface area contributed by atoms with Gasteiger partial charge in [-0.2, -0.15) is 0 Å². The maximum atomic E-state index is 11.1. The molecule has 6 nitrogen and oxygen atoms in total. The van der Waals surface area contributed by atoms with Crippen molar-refractivity contribution in [2.45, 2.75) is 39.5 Å². The molecule has 0 aromatic rings. The van der Waals surface area contributed by atoms with Crippen molar-refractivity contribution in [3.63, 3.8) is 0 Å². The number of nitrogens with zero attached hydrogens (tertiary/aromatic N) is 3. The SMILES string of the molecule is CCCC[NH2+]CCN(CCCC)/[N+]([O-])=N/[O-]. The molecule has 0 fully saturated rings. The summed E-state index contributed by atoms with van der Waals surface area (Å²) in [7, 11) is 0. The standard InChI is InChI=1S/C10H24N4O2/c1-3-5-7-11-8-10-13(9-6-4-2)14(16)12-15/h11,15H,3-10H2,1-2H3/b14-12-. The van der Waals surface area contributed by atoms with E-state index >= 15 is 0 Å². The van der Waals surface area contributed by atoms with Gasteiger partial charge in [0.1, 0.15) is 6.54 Å². The van der Waals surface area contributed by atoms with E-state index in [2.05, 4.69) is 24.4 Å². The van der Waals surface area contributed by atoms with Crippen molar-refractivity contribution in [3.05, 3.63) is 10.4 Å². The summed E-state index contributed by atoms with van der Waals surface area (Å²) in [5.74, 6) is 0. The average molecular weight is 232 g/mol. The first-order valence-corrected chi connectivity index (χ1v) is 6.13. The molecule has 0 aliphatic rings. The van der Waals surface area contributed by atoms with Gasteiger partial charge in [-0.15, -0.1) is 5.01 Å². The van der Waals surface area contributed by atoms with Crippen LogP contribution in [0.3, 0.4) is 0 Å². The zero-order valence-electron chi connectivity index (χ0n) is 10.4. The molecule has 0 aliphatic heterocycles. The van der Waals surface area contributed by atoms with Crippen LogP contribution in [0.1, 0.15) is 39.5 Å².